The molecule has 94 valence electrons. The molecule has 0 radical (unpaired) electrons. The molecular weight excluding hydrogens is 232 g/mol. The molecule has 2 saturated carbocycles. The molecule has 3 aliphatic rings. The van der Waals surface area contributed by atoms with Crippen molar-refractivity contribution in [2.24, 2.45) is 17.3 Å². The number of carbonyl (C=O) groups is 2. The summed E-state index contributed by atoms with van der Waals surface area (Å²) in [5.74, 6) is -0.545. The third-order valence-electron chi connectivity index (χ3n) is 4.50. The fraction of sp³-hybridized carbons (Fsp3) is 0.615. The Balaban J connectivity index is 1.91. The molecule has 5 atom stereocenters. The highest BCUT2D eigenvalue weighted by atomic mass is 16.6. The van der Waals surface area contributed by atoms with Gasteiger partial charge in [-0.1, -0.05) is 6.58 Å². The normalized spacial score (nSPS) is 43.4. The largest absolute Gasteiger partial charge is 0.460 e. The monoisotopic (exact) mass is 246 g/mol. The van der Waals surface area contributed by atoms with E-state index in [1.807, 2.05) is 0 Å². The lowest BCUT2D eigenvalue weighted by Crippen LogP contribution is -2.51. The van der Waals surface area contributed by atoms with Gasteiger partial charge in [-0.3, -0.25) is 9.59 Å². The van der Waals surface area contributed by atoms with Gasteiger partial charge in [-0.15, -0.1) is 0 Å². The molecule has 3 rings (SSSR count). The van der Waals surface area contributed by atoms with Crippen LogP contribution >= 0.6 is 0 Å². The van der Waals surface area contributed by atoms with Crippen LogP contribution in [0.2, 0.25) is 0 Å². The lowest BCUT2D eigenvalue weighted by molar-refractivity contribution is -0.144. The van der Waals surface area contributed by atoms with E-state index in [2.05, 4.69) is 18.0 Å². The summed E-state index contributed by atoms with van der Waals surface area (Å²) in [5.41, 5.74) is -0.246. The zero-order valence-electron chi connectivity index (χ0n) is 10.1. The summed E-state index contributed by atoms with van der Waals surface area (Å²) in [5, 5.41) is 12.2. The summed E-state index contributed by atoms with van der Waals surface area (Å²) in [6.07, 6.45) is 0.815. The topological polar surface area (TPSA) is 79.2 Å². The number of esters is 1. The lowest BCUT2D eigenvalue weighted by atomic mass is 9.77. The summed E-state index contributed by atoms with van der Waals surface area (Å²) >= 11 is 0. The molecule has 0 aromatic carbocycles. The van der Waals surface area contributed by atoms with E-state index >= 15 is 0 Å². The van der Waals surface area contributed by atoms with Gasteiger partial charge >= 0.3 is 5.97 Å². The van der Waals surface area contributed by atoms with Crippen molar-refractivity contribution in [1.82, 2.24) is 5.32 Å². The molecule has 3 fully saturated rings. The molecule has 1 amide bonds. The van der Waals surface area contributed by atoms with Crippen LogP contribution in [0.3, 0.4) is 0 Å². The molecule has 0 spiro atoms. The molecular formula is C13H14N2O3. The van der Waals surface area contributed by atoms with E-state index in [0.717, 1.165) is 0 Å². The second kappa shape index (κ2) is 3.35. The lowest BCUT2D eigenvalue weighted by Gasteiger charge is -2.31. The van der Waals surface area contributed by atoms with Gasteiger partial charge in [-0.2, -0.15) is 5.26 Å². The zero-order chi connectivity index (χ0) is 13.1. The number of amides is 1. The molecule has 1 N–H and O–H groups in total. The number of ether oxygens (including phenoxy) is 1. The number of hydrogen-bond donors (Lipinski definition) is 1. The van der Waals surface area contributed by atoms with Crippen molar-refractivity contribution >= 4 is 11.9 Å². The van der Waals surface area contributed by atoms with Crippen molar-refractivity contribution in [2.75, 3.05) is 0 Å². The second-order valence-electron chi connectivity index (χ2n) is 5.58. The Morgan fingerprint density at radius 3 is 2.94 bits per heavy atom. The van der Waals surface area contributed by atoms with Crippen LogP contribution in [0.1, 0.15) is 19.8 Å². The highest BCUT2D eigenvalue weighted by molar-refractivity contribution is 5.92. The SMILES string of the molecule is C=C(C)C(=O)NC1C2OC(=O)C3CC1(C#N)CC32. The number of rotatable bonds is 2. The Morgan fingerprint density at radius 2 is 2.33 bits per heavy atom. The van der Waals surface area contributed by atoms with Gasteiger partial charge in [0.05, 0.1) is 23.4 Å². The fourth-order valence-electron chi connectivity index (χ4n) is 3.63. The van der Waals surface area contributed by atoms with Crippen molar-refractivity contribution in [3.63, 3.8) is 0 Å². The maximum atomic E-state index is 11.7. The van der Waals surface area contributed by atoms with Gasteiger partial charge in [0.25, 0.3) is 0 Å². The number of fused-ring (bicyclic) bond motifs is 1. The zero-order valence-corrected chi connectivity index (χ0v) is 10.1. The van der Waals surface area contributed by atoms with Crippen LogP contribution in [-0.4, -0.2) is 24.0 Å². The van der Waals surface area contributed by atoms with Crippen LogP contribution in [0.5, 0.6) is 0 Å². The third-order valence-corrected chi connectivity index (χ3v) is 4.50. The maximum absolute atomic E-state index is 11.7. The van der Waals surface area contributed by atoms with Gasteiger partial charge < -0.3 is 10.1 Å². The number of nitrogens with one attached hydrogen (secondary N) is 1. The van der Waals surface area contributed by atoms with E-state index < -0.39 is 5.41 Å². The van der Waals surface area contributed by atoms with E-state index in [1.54, 1.807) is 6.92 Å². The van der Waals surface area contributed by atoms with Gasteiger partial charge in [0.2, 0.25) is 5.91 Å². The van der Waals surface area contributed by atoms with Gasteiger partial charge in [0.15, 0.2) is 0 Å². The molecule has 1 heterocycles. The first-order valence-electron chi connectivity index (χ1n) is 6.06. The fourth-order valence-corrected chi connectivity index (χ4v) is 3.63. The van der Waals surface area contributed by atoms with E-state index in [1.165, 1.54) is 0 Å². The number of nitriles is 1. The smallest absolute Gasteiger partial charge is 0.309 e. The summed E-state index contributed by atoms with van der Waals surface area (Å²) in [7, 11) is 0. The van der Waals surface area contributed by atoms with Gasteiger partial charge in [0.1, 0.15) is 6.10 Å². The Labute approximate surface area is 105 Å². The highest BCUT2D eigenvalue weighted by Crippen LogP contribution is 2.61. The van der Waals surface area contributed by atoms with Crippen molar-refractivity contribution in [3.8, 4) is 6.07 Å². The molecule has 5 nitrogen and oxygen atoms in total. The molecule has 0 aromatic rings. The predicted molar refractivity (Wildman–Crippen MR) is 60.9 cm³/mol. The van der Waals surface area contributed by atoms with Crippen LogP contribution < -0.4 is 5.32 Å². The van der Waals surface area contributed by atoms with Crippen molar-refractivity contribution in [3.05, 3.63) is 12.2 Å². The van der Waals surface area contributed by atoms with Gasteiger partial charge in [0, 0.05) is 11.5 Å². The van der Waals surface area contributed by atoms with Gasteiger partial charge in [-0.25, -0.2) is 0 Å². The van der Waals surface area contributed by atoms with E-state index in [9.17, 15) is 14.9 Å². The maximum Gasteiger partial charge on any atom is 0.309 e. The molecule has 0 aromatic heterocycles. The Morgan fingerprint density at radius 1 is 1.61 bits per heavy atom. The predicted octanol–water partition coefficient (Wildman–Crippen LogP) is 0.522. The minimum absolute atomic E-state index is 0.0903. The second-order valence-corrected chi connectivity index (χ2v) is 5.58. The Kier molecular flexibility index (Phi) is 2.10. The van der Waals surface area contributed by atoms with Crippen LogP contribution in [0.15, 0.2) is 12.2 Å². The molecule has 2 aliphatic carbocycles. The van der Waals surface area contributed by atoms with Crippen LogP contribution in [0, 0.1) is 28.6 Å². The molecule has 5 unspecified atom stereocenters. The molecule has 5 heteroatoms. The Bertz CT molecular complexity index is 507. The summed E-state index contributed by atoms with van der Waals surface area (Å²) in [6, 6.07) is 1.92. The number of carbonyl (C=O) groups excluding carboxylic acids is 2. The quantitative estimate of drug-likeness (QED) is 0.569. The van der Waals surface area contributed by atoms with E-state index in [-0.39, 0.29) is 35.9 Å². The average molecular weight is 246 g/mol. The highest BCUT2D eigenvalue weighted by Gasteiger charge is 2.69. The first-order valence-corrected chi connectivity index (χ1v) is 6.06. The van der Waals surface area contributed by atoms with E-state index in [4.69, 9.17) is 4.74 Å². The molecule has 1 aliphatic heterocycles. The Hall–Kier alpha value is -1.83. The summed E-state index contributed by atoms with van der Waals surface area (Å²) in [6.45, 7) is 5.20. The minimum atomic E-state index is -0.642. The standard InChI is InChI=1S/C13H14N2O3/c1-6(2)11(16)15-10-9-7-3-13(10,5-14)4-8(7)12(17)18-9/h7-10H,1,3-4H2,2H3,(H,15,16). The average Bonchev–Trinajstić information content (AvgIpc) is 2.90. The minimum Gasteiger partial charge on any atom is -0.460 e. The van der Waals surface area contributed by atoms with Gasteiger partial charge in [-0.05, 0) is 19.8 Å². The van der Waals surface area contributed by atoms with E-state index in [0.29, 0.717) is 18.4 Å². The first-order chi connectivity index (χ1) is 8.48. The van der Waals surface area contributed by atoms with Crippen molar-refractivity contribution in [1.29, 1.82) is 5.26 Å². The van der Waals surface area contributed by atoms with Crippen molar-refractivity contribution in [2.45, 2.75) is 31.9 Å². The third kappa shape index (κ3) is 1.20. The number of nitrogens with zero attached hydrogens (tertiary/aromatic N) is 1. The van der Waals surface area contributed by atoms with Crippen molar-refractivity contribution < 1.29 is 14.3 Å². The molecule has 1 saturated heterocycles. The van der Waals surface area contributed by atoms with Crippen LogP contribution in [0.4, 0.5) is 0 Å². The summed E-state index contributed by atoms with van der Waals surface area (Å²) < 4.78 is 5.32. The van der Waals surface area contributed by atoms with Crippen LogP contribution in [0.25, 0.3) is 0 Å². The molecule has 18 heavy (non-hydrogen) atoms. The summed E-state index contributed by atoms with van der Waals surface area (Å²) in [4.78, 5) is 23.4. The van der Waals surface area contributed by atoms with Crippen LogP contribution in [-0.2, 0) is 14.3 Å². The molecule has 2 bridgehead atoms. The number of hydrogen-bond acceptors (Lipinski definition) is 4. The first kappa shape index (κ1) is 11.3.